The molecule has 0 heterocycles. The first-order valence-electron chi connectivity index (χ1n) is 9.70. The summed E-state index contributed by atoms with van der Waals surface area (Å²) < 4.78 is 5.72. The fraction of sp³-hybridized carbons (Fsp3) is 0.0833. The number of nitrogens with one attached hydrogen (secondary N) is 2. The number of carboxylic acid groups (broad SMARTS) is 2. The van der Waals surface area contributed by atoms with Gasteiger partial charge in [0.1, 0.15) is 11.5 Å². The highest BCUT2D eigenvalue weighted by molar-refractivity contribution is 6.14. The second-order valence-corrected chi connectivity index (χ2v) is 7.01. The minimum Gasteiger partial charge on any atom is -0.545 e. The fourth-order valence-electron chi connectivity index (χ4n) is 3.00. The van der Waals surface area contributed by atoms with E-state index in [-0.39, 0.29) is 5.56 Å². The zero-order valence-electron chi connectivity index (χ0n) is 17.7. The maximum Gasteiger partial charge on any atom is 0.336 e. The van der Waals surface area contributed by atoms with Gasteiger partial charge in [0.25, 0.3) is 11.8 Å². The van der Waals surface area contributed by atoms with Gasteiger partial charge in [0.05, 0.1) is 17.1 Å². The van der Waals surface area contributed by atoms with E-state index in [9.17, 15) is 29.4 Å². The number of aromatic carboxylic acids is 2. The molecule has 0 atom stereocenters. The lowest BCUT2D eigenvalue weighted by Gasteiger charge is -2.15. The van der Waals surface area contributed by atoms with E-state index >= 15 is 0 Å². The van der Waals surface area contributed by atoms with Crippen molar-refractivity contribution < 1.29 is 34.1 Å². The van der Waals surface area contributed by atoms with Crippen molar-refractivity contribution in [1.29, 1.82) is 0 Å². The zero-order chi connectivity index (χ0) is 24.1. The predicted molar refractivity (Wildman–Crippen MR) is 117 cm³/mol. The summed E-state index contributed by atoms with van der Waals surface area (Å²) in [7, 11) is 1.28. The van der Waals surface area contributed by atoms with Crippen LogP contribution in [0.5, 0.6) is 11.5 Å². The van der Waals surface area contributed by atoms with E-state index in [1.165, 1.54) is 7.05 Å². The third-order valence-corrected chi connectivity index (χ3v) is 4.69. The van der Waals surface area contributed by atoms with E-state index in [1.54, 1.807) is 24.3 Å². The Hall–Kier alpha value is -4.66. The number of carboxylic acids is 2. The van der Waals surface area contributed by atoms with Gasteiger partial charge in [0.2, 0.25) is 0 Å². The molecule has 3 rings (SSSR count). The molecule has 2 amide bonds. The first kappa shape index (κ1) is 23.0. The van der Waals surface area contributed by atoms with E-state index in [0.29, 0.717) is 17.2 Å². The zero-order valence-corrected chi connectivity index (χ0v) is 17.7. The predicted octanol–water partition coefficient (Wildman–Crippen LogP) is 2.46. The van der Waals surface area contributed by atoms with E-state index in [1.807, 2.05) is 31.2 Å². The first-order valence-corrected chi connectivity index (χ1v) is 9.70. The van der Waals surface area contributed by atoms with Gasteiger partial charge in [-0.05, 0) is 55.5 Å². The molecule has 0 saturated carbocycles. The molecule has 168 valence electrons. The summed E-state index contributed by atoms with van der Waals surface area (Å²) in [5.41, 5.74) is -0.586. The molecule has 0 spiro atoms. The third kappa shape index (κ3) is 5.34. The Morgan fingerprint density at radius 1 is 0.788 bits per heavy atom. The number of amides is 2. The summed E-state index contributed by atoms with van der Waals surface area (Å²) in [4.78, 5) is 47.9. The van der Waals surface area contributed by atoms with Gasteiger partial charge in [-0.3, -0.25) is 9.59 Å². The van der Waals surface area contributed by atoms with Gasteiger partial charge in [0, 0.05) is 23.9 Å². The van der Waals surface area contributed by atoms with Crippen molar-refractivity contribution in [2.24, 2.45) is 0 Å². The number of aryl methyl sites for hydroxylation is 1. The molecule has 0 aliphatic heterocycles. The molecule has 0 bridgehead atoms. The minimum atomic E-state index is -1.76. The average molecular weight is 447 g/mol. The molecule has 9 nitrogen and oxygen atoms in total. The number of benzene rings is 3. The highest BCUT2D eigenvalue weighted by atomic mass is 16.5. The Kier molecular flexibility index (Phi) is 6.73. The van der Waals surface area contributed by atoms with Crippen molar-refractivity contribution in [1.82, 2.24) is 5.32 Å². The van der Waals surface area contributed by atoms with E-state index in [2.05, 4.69) is 10.6 Å². The van der Waals surface area contributed by atoms with Crippen molar-refractivity contribution in [3.8, 4) is 11.5 Å². The summed E-state index contributed by atoms with van der Waals surface area (Å²) in [6.45, 7) is 1.96. The van der Waals surface area contributed by atoms with Crippen molar-refractivity contribution in [3.05, 3.63) is 88.5 Å². The van der Waals surface area contributed by atoms with Crippen molar-refractivity contribution in [2.75, 3.05) is 12.4 Å². The lowest BCUT2D eigenvalue weighted by molar-refractivity contribution is -0.255. The van der Waals surface area contributed by atoms with Crippen molar-refractivity contribution in [3.63, 3.8) is 0 Å². The number of anilines is 1. The second-order valence-electron chi connectivity index (χ2n) is 7.01. The van der Waals surface area contributed by atoms with Crippen LogP contribution in [0.15, 0.2) is 60.7 Å². The average Bonchev–Trinajstić information content (AvgIpc) is 2.80. The SMILES string of the molecule is CNC(=O)c1cc(C(=O)Nc2ccc(Oc3ccc(C)cc3)cc2)c(C(=O)[O-])cc1C(=O)O. The number of hydrogen-bond acceptors (Lipinski definition) is 6. The second kappa shape index (κ2) is 9.65. The summed E-state index contributed by atoms with van der Waals surface area (Å²) in [6.07, 6.45) is 0. The van der Waals surface area contributed by atoms with Crippen LogP contribution in [0.3, 0.4) is 0 Å². The number of ether oxygens (including phenoxy) is 1. The normalized spacial score (nSPS) is 10.2. The standard InChI is InChI=1S/C24H20N2O7/c1-13-3-7-15(8-4-13)33-16-9-5-14(6-10-16)26-22(28)18-11-17(21(27)25-2)19(23(29)30)12-20(18)24(31)32/h3-12H,1-2H3,(H,25,27)(H,26,28)(H,29,30)(H,31,32)/p-1. The number of rotatable bonds is 7. The van der Waals surface area contributed by atoms with E-state index < -0.39 is 40.4 Å². The molecule has 3 N–H and O–H groups in total. The summed E-state index contributed by atoms with van der Waals surface area (Å²) in [6, 6.07) is 15.4. The van der Waals surface area contributed by atoms with E-state index in [4.69, 9.17) is 4.74 Å². The Bertz CT molecular complexity index is 1230. The molecule has 0 radical (unpaired) electrons. The van der Waals surface area contributed by atoms with Gasteiger partial charge in [-0.1, -0.05) is 17.7 Å². The molecular formula is C24H19N2O7-. The van der Waals surface area contributed by atoms with Crippen LogP contribution in [0.2, 0.25) is 0 Å². The van der Waals surface area contributed by atoms with Crippen LogP contribution in [0.1, 0.15) is 47.0 Å². The maximum absolute atomic E-state index is 12.8. The lowest BCUT2D eigenvalue weighted by Crippen LogP contribution is -2.29. The summed E-state index contributed by atoms with van der Waals surface area (Å²) in [5.74, 6) is -3.77. The lowest BCUT2D eigenvalue weighted by atomic mass is 9.97. The molecule has 0 aliphatic carbocycles. The molecule has 0 fully saturated rings. The van der Waals surface area contributed by atoms with Crippen LogP contribution in [-0.2, 0) is 0 Å². The third-order valence-electron chi connectivity index (χ3n) is 4.69. The van der Waals surface area contributed by atoms with Gasteiger partial charge in [0.15, 0.2) is 0 Å². The molecule has 33 heavy (non-hydrogen) atoms. The van der Waals surface area contributed by atoms with Crippen LogP contribution in [-0.4, -0.2) is 35.9 Å². The van der Waals surface area contributed by atoms with Crippen LogP contribution >= 0.6 is 0 Å². The number of hydrogen-bond donors (Lipinski definition) is 3. The largest absolute Gasteiger partial charge is 0.545 e. The minimum absolute atomic E-state index is 0.323. The summed E-state index contributed by atoms with van der Waals surface area (Å²) >= 11 is 0. The van der Waals surface area contributed by atoms with Gasteiger partial charge >= 0.3 is 5.97 Å². The Balaban J connectivity index is 1.87. The Morgan fingerprint density at radius 3 is 1.82 bits per heavy atom. The van der Waals surface area contributed by atoms with Gasteiger partial charge in [-0.25, -0.2) is 4.79 Å². The molecule has 3 aromatic carbocycles. The molecule has 9 heteroatoms. The van der Waals surface area contributed by atoms with Crippen LogP contribution in [0.4, 0.5) is 5.69 Å². The first-order chi connectivity index (χ1) is 15.7. The smallest absolute Gasteiger partial charge is 0.336 e. The van der Waals surface area contributed by atoms with Crippen LogP contribution in [0, 0.1) is 6.92 Å². The van der Waals surface area contributed by atoms with Crippen LogP contribution in [0.25, 0.3) is 0 Å². The fourth-order valence-corrected chi connectivity index (χ4v) is 3.00. The number of carbonyl (C=O) groups is 4. The number of carbonyl (C=O) groups excluding carboxylic acids is 3. The highest BCUT2D eigenvalue weighted by Crippen LogP contribution is 2.24. The summed E-state index contributed by atoms with van der Waals surface area (Å²) in [5, 5.41) is 25.6. The Morgan fingerprint density at radius 2 is 1.30 bits per heavy atom. The molecule has 0 aliphatic rings. The molecule has 0 unspecified atom stereocenters. The Labute approximate surface area is 188 Å². The molecule has 0 aromatic heterocycles. The highest BCUT2D eigenvalue weighted by Gasteiger charge is 2.23. The quantitative estimate of drug-likeness (QED) is 0.504. The van der Waals surface area contributed by atoms with E-state index in [0.717, 1.165) is 17.7 Å². The molecule has 0 saturated heterocycles. The van der Waals surface area contributed by atoms with Gasteiger partial charge in [-0.2, -0.15) is 0 Å². The van der Waals surface area contributed by atoms with Gasteiger partial charge in [-0.15, -0.1) is 0 Å². The molecular weight excluding hydrogens is 428 g/mol. The monoisotopic (exact) mass is 447 g/mol. The van der Waals surface area contributed by atoms with Crippen molar-refractivity contribution in [2.45, 2.75) is 6.92 Å². The van der Waals surface area contributed by atoms with Gasteiger partial charge < -0.3 is 30.4 Å². The van der Waals surface area contributed by atoms with Crippen molar-refractivity contribution >= 4 is 29.4 Å². The topological polar surface area (TPSA) is 145 Å². The van der Waals surface area contributed by atoms with Crippen LogP contribution < -0.4 is 20.5 Å². The maximum atomic E-state index is 12.8. The molecule has 3 aromatic rings.